The second kappa shape index (κ2) is 21.3. The van der Waals surface area contributed by atoms with Crippen molar-refractivity contribution in [2.75, 3.05) is 0 Å². The molecule has 0 saturated heterocycles. The van der Waals surface area contributed by atoms with Crippen molar-refractivity contribution in [3.8, 4) is 0 Å². The maximum atomic E-state index is 6.31. The molecule has 0 radical (unpaired) electrons. The van der Waals surface area contributed by atoms with Gasteiger partial charge in [-0.25, -0.2) is 0 Å². The molecule has 0 aliphatic heterocycles. The molecule has 284 valence electrons. The number of hydrogen-bond acceptors (Lipinski definition) is 7. The van der Waals surface area contributed by atoms with Crippen LogP contribution in [0.3, 0.4) is 0 Å². The molecule has 0 aliphatic carbocycles. The summed E-state index contributed by atoms with van der Waals surface area (Å²) in [7, 11) is -17.3. The minimum atomic E-state index is -2.31. The standard InChI is InChI=1S/C12H28O2Si3.C11H30O3Si4.C8H20O2Si3/c1-10-15(4,5)12(3)13-17(8,9)14-16(6,7)11-2;1-11-18(10,13-16(5,6)7)14-17(8,9)12-15(2,3)4;1-7-11(3)9-13(5,6)10-12(4)8-2/h10-12H,1-2H2,3-9H3;11H,1H2,2-10H3;7-8,11-12H,1-2H2,3-6H3. The van der Waals surface area contributed by atoms with Gasteiger partial charge < -0.3 is 29.1 Å². The lowest BCUT2D eigenvalue weighted by molar-refractivity contribution is 0.225. The molecule has 0 N–H and O–H groups in total. The Hall–Kier alpha value is 0.589. The van der Waals surface area contributed by atoms with Gasteiger partial charge in [-0.2, -0.15) is 0 Å². The van der Waals surface area contributed by atoms with Crippen LogP contribution in [0.2, 0.25) is 124 Å². The van der Waals surface area contributed by atoms with Gasteiger partial charge in [-0.3, -0.25) is 0 Å². The fraction of sp³-hybridized carbons (Fsp3) is 0.677. The van der Waals surface area contributed by atoms with E-state index >= 15 is 0 Å². The van der Waals surface area contributed by atoms with Gasteiger partial charge in [0.2, 0.25) is 0 Å². The Bertz CT molecular complexity index is 991. The number of rotatable bonds is 20. The third-order valence-corrected chi connectivity index (χ3v) is 37.7. The lowest BCUT2D eigenvalue weighted by Gasteiger charge is -2.39. The van der Waals surface area contributed by atoms with Crippen molar-refractivity contribution >= 4 is 85.4 Å². The molecule has 0 aliphatic rings. The highest BCUT2D eigenvalue weighted by molar-refractivity contribution is 6.91. The largest absolute Gasteiger partial charge is 0.437 e. The van der Waals surface area contributed by atoms with E-state index in [1.807, 2.05) is 22.8 Å². The lowest BCUT2D eigenvalue weighted by atomic mass is 10.9. The van der Waals surface area contributed by atoms with E-state index in [0.717, 1.165) is 0 Å². The molecule has 4 unspecified atom stereocenters. The average Bonchev–Trinajstić information content (AvgIpc) is 2.84. The summed E-state index contributed by atoms with van der Waals surface area (Å²) in [6, 6.07) is 0. The van der Waals surface area contributed by atoms with Gasteiger partial charge in [-0.15, -0.1) is 32.9 Å². The summed E-state index contributed by atoms with van der Waals surface area (Å²) in [5, 5.41) is 0. The van der Waals surface area contributed by atoms with Gasteiger partial charge in [0, 0.05) is 5.73 Å². The molecule has 0 spiro atoms. The van der Waals surface area contributed by atoms with Crippen molar-refractivity contribution in [3.05, 3.63) is 61.4 Å². The molecule has 0 aromatic heterocycles. The molecular weight excluding hydrogens is 765 g/mol. The van der Waals surface area contributed by atoms with Crippen LogP contribution < -0.4 is 0 Å². The Morgan fingerprint density at radius 2 is 0.875 bits per heavy atom. The second-order valence-corrected chi connectivity index (χ2v) is 53.7. The fourth-order valence-electron chi connectivity index (χ4n) is 4.42. The minimum Gasteiger partial charge on any atom is -0.437 e. The normalized spacial score (nSPS) is 16.4. The van der Waals surface area contributed by atoms with Gasteiger partial charge in [-0.1, -0.05) is 41.6 Å². The van der Waals surface area contributed by atoms with E-state index in [2.05, 4.69) is 170 Å². The summed E-state index contributed by atoms with van der Waals surface area (Å²) >= 11 is 0. The molecule has 4 atom stereocenters. The van der Waals surface area contributed by atoms with Gasteiger partial charge in [-0.05, 0) is 118 Å². The van der Waals surface area contributed by atoms with Crippen LogP contribution in [-0.2, 0) is 29.1 Å². The Morgan fingerprint density at radius 1 is 0.479 bits per heavy atom. The van der Waals surface area contributed by atoms with E-state index in [-0.39, 0.29) is 5.73 Å². The van der Waals surface area contributed by atoms with Crippen LogP contribution in [0.1, 0.15) is 6.92 Å². The van der Waals surface area contributed by atoms with Crippen LogP contribution in [0.4, 0.5) is 0 Å². The van der Waals surface area contributed by atoms with Crippen molar-refractivity contribution in [1.82, 2.24) is 0 Å². The first-order valence-electron chi connectivity index (χ1n) is 17.0. The van der Waals surface area contributed by atoms with Crippen molar-refractivity contribution in [2.24, 2.45) is 0 Å². The molecule has 0 saturated carbocycles. The zero-order chi connectivity index (χ0) is 39.2. The third kappa shape index (κ3) is 28.2. The maximum Gasteiger partial charge on any atom is 0.342 e. The van der Waals surface area contributed by atoms with Gasteiger partial charge in [0.15, 0.2) is 43.0 Å². The highest BCUT2D eigenvalue weighted by Crippen LogP contribution is 2.25. The van der Waals surface area contributed by atoms with Gasteiger partial charge in [0.1, 0.15) is 8.07 Å². The van der Waals surface area contributed by atoms with E-state index in [4.69, 9.17) is 29.1 Å². The Morgan fingerprint density at radius 3 is 1.17 bits per heavy atom. The molecule has 0 heterocycles. The fourth-order valence-corrected chi connectivity index (χ4v) is 38.3. The first kappa shape index (κ1) is 52.9. The molecule has 0 amide bonds. The van der Waals surface area contributed by atoms with Crippen molar-refractivity contribution in [1.29, 1.82) is 0 Å². The average molecular weight is 844 g/mol. The summed E-state index contributed by atoms with van der Waals surface area (Å²) in [5.74, 6) is 0. The molecule has 0 aromatic carbocycles. The summed E-state index contributed by atoms with van der Waals surface area (Å²) in [6.07, 6.45) is 0. The molecule has 0 aromatic rings. The van der Waals surface area contributed by atoms with Gasteiger partial charge in [0.05, 0.1) is 0 Å². The van der Waals surface area contributed by atoms with Crippen LogP contribution >= 0.6 is 0 Å². The highest BCUT2D eigenvalue weighted by atomic mass is 28.5. The Balaban J connectivity index is -0.000000642. The van der Waals surface area contributed by atoms with Gasteiger partial charge in [0.25, 0.3) is 0 Å². The predicted octanol–water partition coefficient (Wildman–Crippen LogP) is 10.1. The molecular formula is C31H78O7Si10. The van der Waals surface area contributed by atoms with Crippen LogP contribution in [0.25, 0.3) is 0 Å². The second-order valence-electron chi connectivity index (χ2n) is 16.8. The lowest BCUT2D eigenvalue weighted by Crippen LogP contribution is -2.56. The first-order valence-corrected chi connectivity index (χ1v) is 45.4. The topological polar surface area (TPSA) is 64.6 Å². The van der Waals surface area contributed by atoms with Crippen molar-refractivity contribution in [2.45, 2.75) is 137 Å². The van der Waals surface area contributed by atoms with Crippen LogP contribution in [0, 0.1) is 0 Å². The SMILES string of the molecule is C=C[SiH](C)O[Si](C)(C)O[SiH](C)C=C.C=C[Si](C)(C)O[Si](C)(C)OC(C)[Si](C)(C)C=C.C=C[Si](C)(O[Si](C)(C)C)O[Si](C)(C)O[Si](C)(C)C. The monoisotopic (exact) mass is 842 g/mol. The highest BCUT2D eigenvalue weighted by Gasteiger charge is 2.43. The van der Waals surface area contributed by atoms with E-state index in [9.17, 15) is 0 Å². The van der Waals surface area contributed by atoms with E-state index in [1.165, 1.54) is 0 Å². The summed E-state index contributed by atoms with van der Waals surface area (Å²) < 4.78 is 43.0. The smallest absolute Gasteiger partial charge is 0.342 e. The predicted molar refractivity (Wildman–Crippen MR) is 240 cm³/mol. The zero-order valence-corrected chi connectivity index (χ0v) is 45.3. The minimum absolute atomic E-state index is 0.247. The zero-order valence-electron chi connectivity index (χ0n) is 35.0. The van der Waals surface area contributed by atoms with E-state index in [1.54, 1.807) is 0 Å². The van der Waals surface area contributed by atoms with Crippen LogP contribution in [-0.4, -0.2) is 91.1 Å². The van der Waals surface area contributed by atoms with Crippen molar-refractivity contribution < 1.29 is 29.1 Å². The quantitative estimate of drug-likeness (QED) is 0.113. The maximum absolute atomic E-state index is 6.31. The van der Waals surface area contributed by atoms with E-state index in [0.29, 0.717) is 0 Å². The Kier molecular flexibility index (Phi) is 23.5. The third-order valence-electron chi connectivity index (χ3n) is 6.52. The summed E-state index contributed by atoms with van der Waals surface area (Å²) in [6.45, 7) is 62.2. The summed E-state index contributed by atoms with van der Waals surface area (Å²) in [5.41, 5.74) is 10.0. The molecule has 17 heteroatoms. The van der Waals surface area contributed by atoms with Crippen LogP contribution in [0.5, 0.6) is 0 Å². The molecule has 7 nitrogen and oxygen atoms in total. The first-order chi connectivity index (χ1) is 21.0. The molecule has 0 rings (SSSR count). The number of hydrogen-bond donors (Lipinski definition) is 0. The van der Waals surface area contributed by atoms with Crippen LogP contribution in [0.15, 0.2) is 61.4 Å². The Labute approximate surface area is 311 Å². The van der Waals surface area contributed by atoms with Gasteiger partial charge >= 0.3 is 34.2 Å². The summed E-state index contributed by atoms with van der Waals surface area (Å²) in [4.78, 5) is 0. The molecule has 0 fully saturated rings. The van der Waals surface area contributed by atoms with E-state index < -0.39 is 85.4 Å². The molecule has 48 heavy (non-hydrogen) atoms. The molecule has 0 bridgehead atoms. The van der Waals surface area contributed by atoms with Crippen molar-refractivity contribution in [3.63, 3.8) is 0 Å².